The summed E-state index contributed by atoms with van der Waals surface area (Å²) in [7, 11) is 0. The Labute approximate surface area is 107 Å². The highest BCUT2D eigenvalue weighted by molar-refractivity contribution is 5.95. The fourth-order valence-corrected chi connectivity index (χ4v) is 1.93. The summed E-state index contributed by atoms with van der Waals surface area (Å²) in [6, 6.07) is 5.49. The Morgan fingerprint density at radius 1 is 1.44 bits per heavy atom. The molecule has 0 radical (unpaired) electrons. The highest BCUT2D eigenvalue weighted by atomic mass is 16.5. The van der Waals surface area contributed by atoms with E-state index in [2.05, 4.69) is 12.2 Å². The van der Waals surface area contributed by atoms with Gasteiger partial charge in [-0.05, 0) is 18.6 Å². The third-order valence-electron chi connectivity index (χ3n) is 2.88. The summed E-state index contributed by atoms with van der Waals surface area (Å²) in [4.78, 5) is 11.9. The van der Waals surface area contributed by atoms with Gasteiger partial charge >= 0.3 is 5.97 Å². The first-order chi connectivity index (χ1) is 8.83. The van der Waals surface area contributed by atoms with Crippen molar-refractivity contribution < 1.29 is 14.3 Å². The van der Waals surface area contributed by atoms with E-state index in [9.17, 15) is 4.79 Å². The maximum absolute atomic E-state index is 11.9. The minimum atomic E-state index is -0.299. The van der Waals surface area contributed by atoms with Gasteiger partial charge in [0.1, 0.15) is 12.2 Å². The van der Waals surface area contributed by atoms with E-state index < -0.39 is 0 Å². The zero-order valence-corrected chi connectivity index (χ0v) is 10.7. The van der Waals surface area contributed by atoms with Gasteiger partial charge in [-0.2, -0.15) is 0 Å². The summed E-state index contributed by atoms with van der Waals surface area (Å²) < 4.78 is 10.8. The van der Waals surface area contributed by atoms with Gasteiger partial charge in [-0.1, -0.05) is 25.8 Å². The van der Waals surface area contributed by atoms with Gasteiger partial charge in [0.2, 0.25) is 0 Å². The standard InChI is InChI=1S/C14H19NO3/c1-2-3-4-9-18-14(16)11-6-5-7-12-13(11)17-10-8-15-12/h5-7,15H,2-4,8-10H2,1H3. The van der Waals surface area contributed by atoms with Gasteiger partial charge in [0.05, 0.1) is 12.3 Å². The lowest BCUT2D eigenvalue weighted by Crippen LogP contribution is -2.20. The molecule has 0 aliphatic carbocycles. The second-order valence-corrected chi connectivity index (χ2v) is 4.30. The van der Waals surface area contributed by atoms with Crippen LogP contribution in [-0.4, -0.2) is 25.7 Å². The Balaban J connectivity index is 2.01. The minimum Gasteiger partial charge on any atom is -0.489 e. The molecule has 1 aromatic rings. The molecule has 0 saturated heterocycles. The number of ether oxygens (including phenoxy) is 2. The van der Waals surface area contributed by atoms with E-state index in [1.54, 1.807) is 6.07 Å². The number of esters is 1. The molecule has 4 heteroatoms. The number of fused-ring (bicyclic) bond motifs is 1. The number of para-hydroxylation sites is 1. The molecule has 0 fully saturated rings. The zero-order valence-electron chi connectivity index (χ0n) is 10.7. The number of hydrogen-bond acceptors (Lipinski definition) is 4. The molecule has 0 bridgehead atoms. The Hall–Kier alpha value is -1.71. The van der Waals surface area contributed by atoms with Crippen molar-refractivity contribution in [2.45, 2.75) is 26.2 Å². The van der Waals surface area contributed by atoms with Crippen LogP contribution in [0.15, 0.2) is 18.2 Å². The quantitative estimate of drug-likeness (QED) is 0.644. The number of unbranched alkanes of at least 4 members (excludes halogenated alkanes) is 2. The van der Waals surface area contributed by atoms with Gasteiger partial charge in [-0.25, -0.2) is 4.79 Å². The van der Waals surface area contributed by atoms with Crippen LogP contribution in [0.3, 0.4) is 0 Å². The molecular weight excluding hydrogens is 230 g/mol. The van der Waals surface area contributed by atoms with Crippen LogP contribution in [0.4, 0.5) is 5.69 Å². The second kappa shape index (κ2) is 6.28. The fourth-order valence-electron chi connectivity index (χ4n) is 1.93. The first-order valence-electron chi connectivity index (χ1n) is 6.49. The summed E-state index contributed by atoms with van der Waals surface area (Å²) in [6.45, 7) is 3.94. The van der Waals surface area contributed by atoms with Crippen molar-refractivity contribution in [1.82, 2.24) is 0 Å². The summed E-state index contributed by atoms with van der Waals surface area (Å²) in [5, 5.41) is 3.20. The minimum absolute atomic E-state index is 0.299. The van der Waals surface area contributed by atoms with Crippen LogP contribution in [0.25, 0.3) is 0 Å². The molecule has 0 unspecified atom stereocenters. The molecule has 2 rings (SSSR count). The van der Waals surface area contributed by atoms with Crippen LogP contribution >= 0.6 is 0 Å². The van der Waals surface area contributed by atoms with Crippen molar-refractivity contribution in [3.63, 3.8) is 0 Å². The maximum Gasteiger partial charge on any atom is 0.342 e. The lowest BCUT2D eigenvalue weighted by Gasteiger charge is -2.21. The van der Waals surface area contributed by atoms with Gasteiger partial charge in [-0.15, -0.1) is 0 Å². The van der Waals surface area contributed by atoms with Crippen LogP contribution in [0.1, 0.15) is 36.5 Å². The first kappa shape index (κ1) is 12.7. The highest BCUT2D eigenvalue weighted by Gasteiger charge is 2.19. The summed E-state index contributed by atoms with van der Waals surface area (Å²) in [6.07, 6.45) is 3.11. The van der Waals surface area contributed by atoms with E-state index in [4.69, 9.17) is 9.47 Å². The van der Waals surface area contributed by atoms with Crippen molar-refractivity contribution in [2.75, 3.05) is 25.1 Å². The molecule has 18 heavy (non-hydrogen) atoms. The average Bonchev–Trinajstić information content (AvgIpc) is 2.43. The normalized spacial score (nSPS) is 13.2. The van der Waals surface area contributed by atoms with Crippen LogP contribution in [0, 0.1) is 0 Å². The number of carbonyl (C=O) groups excluding carboxylic acids is 1. The van der Waals surface area contributed by atoms with E-state index in [1.165, 1.54) is 0 Å². The van der Waals surface area contributed by atoms with Gasteiger partial charge in [0.25, 0.3) is 0 Å². The number of nitrogens with one attached hydrogen (secondary N) is 1. The molecular formula is C14H19NO3. The van der Waals surface area contributed by atoms with Gasteiger partial charge in [0, 0.05) is 6.54 Å². The summed E-state index contributed by atoms with van der Waals surface area (Å²) in [5.41, 5.74) is 1.38. The van der Waals surface area contributed by atoms with Crippen molar-refractivity contribution in [1.29, 1.82) is 0 Å². The highest BCUT2D eigenvalue weighted by Crippen LogP contribution is 2.31. The predicted molar refractivity (Wildman–Crippen MR) is 70.2 cm³/mol. The average molecular weight is 249 g/mol. The third kappa shape index (κ3) is 2.94. The Bertz CT molecular complexity index is 418. The van der Waals surface area contributed by atoms with Gasteiger partial charge < -0.3 is 14.8 Å². The fraction of sp³-hybridized carbons (Fsp3) is 0.500. The summed E-state index contributed by atoms with van der Waals surface area (Å²) >= 11 is 0. The molecule has 0 aromatic heterocycles. The van der Waals surface area contributed by atoms with E-state index >= 15 is 0 Å². The number of carbonyl (C=O) groups is 1. The predicted octanol–water partition coefficient (Wildman–Crippen LogP) is 2.84. The molecule has 1 aromatic carbocycles. The van der Waals surface area contributed by atoms with Gasteiger partial charge in [-0.3, -0.25) is 0 Å². The Kier molecular flexibility index (Phi) is 4.45. The van der Waals surface area contributed by atoms with Crippen molar-refractivity contribution >= 4 is 11.7 Å². The van der Waals surface area contributed by atoms with Crippen molar-refractivity contribution in [3.8, 4) is 5.75 Å². The van der Waals surface area contributed by atoms with Gasteiger partial charge in [0.15, 0.2) is 5.75 Å². The molecule has 0 saturated carbocycles. The largest absolute Gasteiger partial charge is 0.489 e. The van der Waals surface area contributed by atoms with Crippen LogP contribution < -0.4 is 10.1 Å². The van der Waals surface area contributed by atoms with Crippen molar-refractivity contribution in [2.24, 2.45) is 0 Å². The smallest absolute Gasteiger partial charge is 0.342 e. The molecule has 0 amide bonds. The molecule has 0 spiro atoms. The van der Waals surface area contributed by atoms with E-state index in [0.717, 1.165) is 31.5 Å². The topological polar surface area (TPSA) is 47.6 Å². The molecule has 0 atom stereocenters. The van der Waals surface area contributed by atoms with Crippen LogP contribution in [0.2, 0.25) is 0 Å². The third-order valence-corrected chi connectivity index (χ3v) is 2.88. The molecule has 1 N–H and O–H groups in total. The molecule has 1 heterocycles. The van der Waals surface area contributed by atoms with Crippen LogP contribution in [0.5, 0.6) is 5.75 Å². The molecule has 1 aliphatic rings. The lowest BCUT2D eigenvalue weighted by molar-refractivity contribution is 0.0493. The van der Waals surface area contributed by atoms with E-state index in [0.29, 0.717) is 24.5 Å². The number of rotatable bonds is 5. The lowest BCUT2D eigenvalue weighted by atomic mass is 10.1. The Morgan fingerprint density at radius 2 is 2.33 bits per heavy atom. The summed E-state index contributed by atoms with van der Waals surface area (Å²) in [5.74, 6) is 0.316. The second-order valence-electron chi connectivity index (χ2n) is 4.30. The monoisotopic (exact) mass is 249 g/mol. The first-order valence-corrected chi connectivity index (χ1v) is 6.49. The van der Waals surface area contributed by atoms with E-state index in [-0.39, 0.29) is 5.97 Å². The SMILES string of the molecule is CCCCCOC(=O)c1cccc2c1OCCN2. The maximum atomic E-state index is 11.9. The Morgan fingerprint density at radius 3 is 3.17 bits per heavy atom. The van der Waals surface area contributed by atoms with Crippen LogP contribution in [-0.2, 0) is 4.74 Å². The van der Waals surface area contributed by atoms with E-state index in [1.807, 2.05) is 12.1 Å². The zero-order chi connectivity index (χ0) is 12.8. The molecule has 98 valence electrons. The number of anilines is 1. The molecule has 4 nitrogen and oxygen atoms in total. The molecule has 1 aliphatic heterocycles. The number of hydrogen-bond donors (Lipinski definition) is 1. The van der Waals surface area contributed by atoms with Crippen molar-refractivity contribution in [3.05, 3.63) is 23.8 Å². The number of benzene rings is 1.